The fourth-order valence-corrected chi connectivity index (χ4v) is 2.35. The first-order valence-corrected chi connectivity index (χ1v) is 7.44. The van der Waals surface area contributed by atoms with Crippen molar-refractivity contribution >= 4 is 23.3 Å². The average Bonchev–Trinajstić information content (AvgIpc) is 2.94. The first-order valence-electron chi connectivity index (χ1n) is 7.44. The number of benzene rings is 1. The molecule has 118 valence electrons. The molecule has 0 saturated carbocycles. The van der Waals surface area contributed by atoms with E-state index in [1.165, 1.54) is 0 Å². The highest BCUT2D eigenvalue weighted by atomic mass is 16.4. The van der Waals surface area contributed by atoms with Crippen molar-refractivity contribution in [1.82, 2.24) is 4.90 Å². The normalized spacial score (nSPS) is 13.9. The second-order valence-corrected chi connectivity index (χ2v) is 5.28. The highest BCUT2D eigenvalue weighted by Crippen LogP contribution is 2.20. The topological polar surface area (TPSA) is 73.2 Å². The zero-order chi connectivity index (χ0) is 16.1. The quantitative estimate of drug-likeness (QED) is 0.874. The molecule has 0 spiro atoms. The molecule has 0 aliphatic carbocycles. The first kappa shape index (κ1) is 16.0. The third-order valence-electron chi connectivity index (χ3n) is 3.65. The lowest BCUT2D eigenvalue weighted by Crippen LogP contribution is -2.32. The minimum Gasteiger partial charge on any atom is -0.481 e. The van der Waals surface area contributed by atoms with E-state index in [1.54, 1.807) is 17.0 Å². The van der Waals surface area contributed by atoms with Crippen LogP contribution in [0.25, 0.3) is 0 Å². The molecule has 1 aromatic rings. The second kappa shape index (κ2) is 7.06. The van der Waals surface area contributed by atoms with Crippen LogP contribution < -0.4 is 5.01 Å². The number of aliphatic carboxylic acids is 1. The molecule has 0 radical (unpaired) electrons. The van der Waals surface area contributed by atoms with Gasteiger partial charge in [-0.25, -0.2) is 0 Å². The van der Waals surface area contributed by atoms with Gasteiger partial charge in [-0.15, -0.1) is 0 Å². The number of carbonyl (C=O) groups is 2. The van der Waals surface area contributed by atoms with E-state index in [1.807, 2.05) is 31.0 Å². The van der Waals surface area contributed by atoms with Crippen LogP contribution in [0.15, 0.2) is 29.4 Å². The van der Waals surface area contributed by atoms with Gasteiger partial charge in [0.1, 0.15) is 0 Å². The maximum absolute atomic E-state index is 12.4. The standard InChI is InChI=1S/C16H21N3O3/c1-3-18(10-9-15(20)21)16(22)13-4-6-14(7-5-13)19-11-8-12(2)17-19/h4-7H,3,8-11H2,1-2H3,(H,20,21). The monoisotopic (exact) mass is 303 g/mol. The van der Waals surface area contributed by atoms with E-state index in [0.717, 1.165) is 24.4 Å². The summed E-state index contributed by atoms with van der Waals surface area (Å²) in [4.78, 5) is 24.5. The number of hydrogen-bond acceptors (Lipinski definition) is 4. The molecule has 0 unspecified atom stereocenters. The van der Waals surface area contributed by atoms with Crippen LogP contribution in [0, 0.1) is 0 Å². The van der Waals surface area contributed by atoms with Crippen LogP contribution in [0.2, 0.25) is 0 Å². The van der Waals surface area contributed by atoms with Gasteiger partial charge in [-0.05, 0) is 38.1 Å². The van der Waals surface area contributed by atoms with Crippen LogP contribution in [0.4, 0.5) is 5.69 Å². The second-order valence-electron chi connectivity index (χ2n) is 5.28. The zero-order valence-electron chi connectivity index (χ0n) is 13.0. The molecule has 1 aromatic carbocycles. The largest absolute Gasteiger partial charge is 0.481 e. The molecule has 0 atom stereocenters. The Labute approximate surface area is 130 Å². The summed E-state index contributed by atoms with van der Waals surface area (Å²) in [6.45, 7) is 5.42. The minimum atomic E-state index is -0.899. The van der Waals surface area contributed by atoms with Crippen molar-refractivity contribution in [1.29, 1.82) is 0 Å². The van der Waals surface area contributed by atoms with Gasteiger partial charge in [0.05, 0.1) is 12.1 Å². The lowest BCUT2D eigenvalue weighted by Gasteiger charge is -2.20. The summed E-state index contributed by atoms with van der Waals surface area (Å²) < 4.78 is 0. The molecule has 22 heavy (non-hydrogen) atoms. The van der Waals surface area contributed by atoms with E-state index in [9.17, 15) is 9.59 Å². The van der Waals surface area contributed by atoms with Gasteiger partial charge < -0.3 is 10.0 Å². The van der Waals surface area contributed by atoms with Crippen molar-refractivity contribution in [3.05, 3.63) is 29.8 Å². The minimum absolute atomic E-state index is 0.0422. The Morgan fingerprint density at radius 1 is 1.32 bits per heavy atom. The maximum Gasteiger partial charge on any atom is 0.305 e. The van der Waals surface area contributed by atoms with Gasteiger partial charge in [0.2, 0.25) is 0 Å². The van der Waals surface area contributed by atoms with Gasteiger partial charge in [0.25, 0.3) is 5.91 Å². The molecule has 0 saturated heterocycles. The summed E-state index contributed by atoms with van der Waals surface area (Å²) in [6.07, 6.45) is 0.916. The molecule has 2 rings (SSSR count). The molecule has 1 aliphatic rings. The molecule has 6 heteroatoms. The number of amides is 1. The molecule has 0 aromatic heterocycles. The van der Waals surface area contributed by atoms with Crippen molar-refractivity contribution in [2.24, 2.45) is 5.10 Å². The van der Waals surface area contributed by atoms with E-state index in [0.29, 0.717) is 12.1 Å². The predicted octanol–water partition coefficient (Wildman–Crippen LogP) is 2.21. The summed E-state index contributed by atoms with van der Waals surface area (Å²) in [5.74, 6) is -1.04. The van der Waals surface area contributed by atoms with E-state index in [-0.39, 0.29) is 18.9 Å². The van der Waals surface area contributed by atoms with E-state index in [2.05, 4.69) is 5.10 Å². The Morgan fingerprint density at radius 2 is 2.00 bits per heavy atom. The van der Waals surface area contributed by atoms with Crippen molar-refractivity contribution in [3.8, 4) is 0 Å². The number of hydrazone groups is 1. The third-order valence-corrected chi connectivity index (χ3v) is 3.65. The fourth-order valence-electron chi connectivity index (χ4n) is 2.35. The predicted molar refractivity (Wildman–Crippen MR) is 85.3 cm³/mol. The molecule has 0 bridgehead atoms. The van der Waals surface area contributed by atoms with Gasteiger partial charge in [0.15, 0.2) is 0 Å². The zero-order valence-corrected chi connectivity index (χ0v) is 13.0. The Hall–Kier alpha value is -2.37. The molecule has 6 nitrogen and oxygen atoms in total. The van der Waals surface area contributed by atoms with Crippen molar-refractivity contribution in [3.63, 3.8) is 0 Å². The van der Waals surface area contributed by atoms with Crippen molar-refractivity contribution in [2.75, 3.05) is 24.6 Å². The first-order chi connectivity index (χ1) is 10.5. The number of anilines is 1. The van der Waals surface area contributed by atoms with Crippen LogP contribution in [0.1, 0.15) is 37.0 Å². The number of carbonyl (C=O) groups excluding carboxylic acids is 1. The Kier molecular flexibility index (Phi) is 5.14. The maximum atomic E-state index is 12.4. The molecule has 0 fully saturated rings. The van der Waals surface area contributed by atoms with Gasteiger partial charge in [-0.2, -0.15) is 5.10 Å². The number of nitrogens with zero attached hydrogens (tertiary/aromatic N) is 3. The van der Waals surface area contributed by atoms with Gasteiger partial charge in [-0.1, -0.05) is 0 Å². The summed E-state index contributed by atoms with van der Waals surface area (Å²) in [5.41, 5.74) is 2.63. The van der Waals surface area contributed by atoms with Gasteiger partial charge >= 0.3 is 5.97 Å². The number of hydrogen-bond donors (Lipinski definition) is 1. The smallest absolute Gasteiger partial charge is 0.305 e. The fraction of sp³-hybridized carbons (Fsp3) is 0.438. The summed E-state index contributed by atoms with van der Waals surface area (Å²) >= 11 is 0. The lowest BCUT2D eigenvalue weighted by molar-refractivity contribution is -0.137. The molecular weight excluding hydrogens is 282 g/mol. The van der Waals surface area contributed by atoms with Gasteiger partial charge in [-0.3, -0.25) is 14.6 Å². The number of carboxylic acid groups (broad SMARTS) is 1. The summed E-state index contributed by atoms with van der Waals surface area (Å²) in [5, 5.41) is 15.1. The van der Waals surface area contributed by atoms with E-state index < -0.39 is 5.97 Å². The highest BCUT2D eigenvalue weighted by molar-refractivity contribution is 5.95. The molecular formula is C16H21N3O3. The Bertz CT molecular complexity index is 581. The highest BCUT2D eigenvalue weighted by Gasteiger charge is 2.17. The van der Waals surface area contributed by atoms with Crippen molar-refractivity contribution in [2.45, 2.75) is 26.7 Å². The Balaban J connectivity index is 2.05. The molecule has 1 amide bonds. The molecule has 1 aliphatic heterocycles. The molecule has 1 N–H and O–H groups in total. The van der Waals surface area contributed by atoms with Gasteiger partial charge in [0, 0.05) is 37.3 Å². The van der Waals surface area contributed by atoms with E-state index >= 15 is 0 Å². The molecule has 1 heterocycles. The number of rotatable bonds is 6. The third kappa shape index (κ3) is 3.84. The van der Waals surface area contributed by atoms with Crippen LogP contribution in [-0.2, 0) is 4.79 Å². The van der Waals surface area contributed by atoms with Crippen LogP contribution in [0.3, 0.4) is 0 Å². The summed E-state index contributed by atoms with van der Waals surface area (Å²) in [7, 11) is 0. The average molecular weight is 303 g/mol. The van der Waals surface area contributed by atoms with Crippen LogP contribution in [0.5, 0.6) is 0 Å². The van der Waals surface area contributed by atoms with Crippen molar-refractivity contribution < 1.29 is 14.7 Å². The van der Waals surface area contributed by atoms with Crippen LogP contribution in [-0.4, -0.2) is 47.2 Å². The number of carboxylic acids is 1. The van der Waals surface area contributed by atoms with Crippen LogP contribution >= 0.6 is 0 Å². The lowest BCUT2D eigenvalue weighted by atomic mass is 10.1. The van der Waals surface area contributed by atoms with E-state index in [4.69, 9.17) is 5.11 Å². The Morgan fingerprint density at radius 3 is 2.50 bits per heavy atom. The SMILES string of the molecule is CCN(CCC(=O)O)C(=O)c1ccc(N2CCC(C)=N2)cc1. The summed E-state index contributed by atoms with van der Waals surface area (Å²) in [6, 6.07) is 7.29.